The Hall–Kier alpha value is -1.99. The molecular formula is C18H11Cl2F4FeN3. The Bertz CT molecular complexity index is 921. The molecular weight excluding hydrogens is 461 g/mol. The van der Waals surface area contributed by atoms with Crippen molar-refractivity contribution in [3.63, 3.8) is 0 Å². The quantitative estimate of drug-likeness (QED) is 0.279. The van der Waals surface area contributed by atoms with E-state index in [0.29, 0.717) is 17.8 Å². The van der Waals surface area contributed by atoms with Crippen LogP contribution in [0.1, 0.15) is 6.42 Å². The number of rotatable bonds is 4. The molecule has 0 bridgehead atoms. The van der Waals surface area contributed by atoms with Crippen molar-refractivity contribution in [2.45, 2.75) is 6.42 Å². The summed E-state index contributed by atoms with van der Waals surface area (Å²) in [6, 6.07) is 6.89. The number of aliphatic imine (C=N–C) groups is 3. The monoisotopic (exact) mass is 471 g/mol. The van der Waals surface area contributed by atoms with Gasteiger partial charge in [0.1, 0.15) is 11.4 Å². The van der Waals surface area contributed by atoms with E-state index in [-0.39, 0.29) is 13.1 Å². The van der Waals surface area contributed by atoms with Crippen molar-refractivity contribution in [1.29, 1.82) is 0 Å². The average Bonchev–Trinajstić information content (AvgIpc) is 3.09. The third-order valence-corrected chi connectivity index (χ3v) is 3.34. The predicted octanol–water partition coefficient (Wildman–Crippen LogP) is 6.45. The summed E-state index contributed by atoms with van der Waals surface area (Å²) in [7, 11) is 9.53. The first-order valence-electron chi connectivity index (χ1n) is 7.55. The Morgan fingerprint density at radius 1 is 0.821 bits per heavy atom. The van der Waals surface area contributed by atoms with Crippen LogP contribution >= 0.6 is 20.2 Å². The van der Waals surface area contributed by atoms with Gasteiger partial charge in [-0.05, 0) is 24.3 Å². The molecule has 0 aliphatic carbocycles. The van der Waals surface area contributed by atoms with Gasteiger partial charge in [0, 0.05) is 12.6 Å². The van der Waals surface area contributed by atoms with Crippen molar-refractivity contribution in [1.82, 2.24) is 0 Å². The number of hydrogen-bond acceptors (Lipinski definition) is 3. The fourth-order valence-corrected chi connectivity index (χ4v) is 2.12. The molecule has 0 amide bonds. The number of allylic oxidation sites excluding steroid dienone is 2. The van der Waals surface area contributed by atoms with Crippen molar-refractivity contribution in [2.75, 3.05) is 0 Å². The normalized spacial score (nSPS) is 13.6. The van der Waals surface area contributed by atoms with E-state index in [1.807, 2.05) is 0 Å². The molecule has 0 fully saturated rings. The molecule has 1 aliphatic heterocycles. The summed E-state index contributed by atoms with van der Waals surface area (Å²) in [5.74, 6) is -3.12. The summed E-state index contributed by atoms with van der Waals surface area (Å²) in [4.78, 5) is 11.6. The molecule has 2 aromatic carbocycles. The molecule has 0 saturated carbocycles. The van der Waals surface area contributed by atoms with Crippen LogP contribution in [0.2, 0.25) is 0 Å². The SMILES string of the molecule is Fc1cccc(F)c1N=CC1=CCC(C=Nc2c(F)cccc2F)=N1.[Cl][Fe][Cl]. The molecule has 2 aromatic rings. The zero-order chi connectivity index (χ0) is 20.5. The molecule has 3 nitrogen and oxygen atoms in total. The van der Waals surface area contributed by atoms with Crippen molar-refractivity contribution in [3.05, 3.63) is 71.4 Å². The van der Waals surface area contributed by atoms with E-state index in [1.165, 1.54) is 24.6 Å². The Kier molecular flexibility index (Phi) is 8.85. The van der Waals surface area contributed by atoms with Crippen LogP contribution in [0.15, 0.2) is 63.1 Å². The van der Waals surface area contributed by atoms with Gasteiger partial charge in [-0.25, -0.2) is 27.5 Å². The van der Waals surface area contributed by atoms with E-state index in [4.69, 9.17) is 20.2 Å². The summed E-state index contributed by atoms with van der Waals surface area (Å²) in [5.41, 5.74) is 0.00565. The van der Waals surface area contributed by atoms with Gasteiger partial charge >= 0.3 is 33.3 Å². The van der Waals surface area contributed by atoms with Crippen LogP contribution in [0.3, 0.4) is 0 Å². The topological polar surface area (TPSA) is 37.1 Å². The zero-order valence-corrected chi connectivity index (χ0v) is 16.5. The Morgan fingerprint density at radius 2 is 1.25 bits per heavy atom. The molecule has 0 saturated heterocycles. The summed E-state index contributed by atoms with van der Waals surface area (Å²) in [5, 5.41) is 0. The van der Waals surface area contributed by atoms with E-state index in [1.54, 1.807) is 6.08 Å². The summed E-state index contributed by atoms with van der Waals surface area (Å²) >= 11 is 0.194. The van der Waals surface area contributed by atoms with E-state index >= 15 is 0 Å². The van der Waals surface area contributed by atoms with Gasteiger partial charge in [-0.15, -0.1) is 0 Å². The third-order valence-electron chi connectivity index (χ3n) is 3.34. The minimum absolute atomic E-state index is 0.194. The minimum atomic E-state index is -0.782. The van der Waals surface area contributed by atoms with Gasteiger partial charge in [0.25, 0.3) is 0 Å². The van der Waals surface area contributed by atoms with Crippen LogP contribution in [-0.4, -0.2) is 18.1 Å². The van der Waals surface area contributed by atoms with Crippen LogP contribution in [0.25, 0.3) is 0 Å². The second-order valence-electron chi connectivity index (χ2n) is 5.14. The molecule has 10 heteroatoms. The second kappa shape index (κ2) is 11.1. The van der Waals surface area contributed by atoms with Crippen molar-refractivity contribution in [3.8, 4) is 0 Å². The second-order valence-corrected chi connectivity index (χ2v) is 6.97. The average molecular weight is 472 g/mol. The molecule has 1 aliphatic rings. The summed E-state index contributed by atoms with van der Waals surface area (Å²) < 4.78 is 53.9. The van der Waals surface area contributed by atoms with Gasteiger partial charge in [0.2, 0.25) is 0 Å². The van der Waals surface area contributed by atoms with Crippen molar-refractivity contribution < 1.29 is 30.7 Å². The van der Waals surface area contributed by atoms with E-state index < -0.39 is 34.6 Å². The molecule has 0 spiro atoms. The van der Waals surface area contributed by atoms with E-state index in [0.717, 1.165) is 24.3 Å². The van der Waals surface area contributed by atoms with Crippen LogP contribution in [-0.2, 0) is 13.1 Å². The predicted molar refractivity (Wildman–Crippen MR) is 101 cm³/mol. The van der Waals surface area contributed by atoms with Gasteiger partial charge < -0.3 is 0 Å². The fraction of sp³-hybridized carbons (Fsp3) is 0.0556. The molecule has 28 heavy (non-hydrogen) atoms. The first kappa shape index (κ1) is 22.3. The van der Waals surface area contributed by atoms with Gasteiger partial charge in [-0.3, -0.25) is 4.99 Å². The Labute approximate surface area is 173 Å². The van der Waals surface area contributed by atoms with Crippen LogP contribution in [0.4, 0.5) is 28.9 Å². The van der Waals surface area contributed by atoms with Crippen LogP contribution in [0, 0.1) is 23.3 Å². The zero-order valence-electron chi connectivity index (χ0n) is 13.9. The van der Waals surface area contributed by atoms with E-state index in [2.05, 4.69) is 15.0 Å². The number of hydrogen-bond donors (Lipinski definition) is 0. The first-order valence-corrected chi connectivity index (χ1v) is 10.6. The number of para-hydroxylation sites is 2. The third kappa shape index (κ3) is 6.27. The van der Waals surface area contributed by atoms with Crippen molar-refractivity contribution >= 4 is 49.7 Å². The standard InChI is InChI=1S/C18H11F4N3.2ClH.Fe/c19-13-3-1-4-14(20)17(13)23-9-11-7-8-12(25-11)10-24-18-15(21)5-2-6-16(18)22;;;/h1-7,9-10H,8H2;2*1H;/q;;;+2/p-2. The van der Waals surface area contributed by atoms with Gasteiger partial charge in [0.05, 0.1) is 17.6 Å². The summed E-state index contributed by atoms with van der Waals surface area (Å²) in [6.07, 6.45) is 4.47. The molecule has 0 radical (unpaired) electrons. The summed E-state index contributed by atoms with van der Waals surface area (Å²) in [6.45, 7) is 0. The molecule has 0 unspecified atom stereocenters. The Morgan fingerprint density at radius 3 is 1.71 bits per heavy atom. The van der Waals surface area contributed by atoms with Gasteiger partial charge in [-0.2, -0.15) is 0 Å². The number of nitrogens with zero attached hydrogens (tertiary/aromatic N) is 3. The number of benzene rings is 2. The van der Waals surface area contributed by atoms with Crippen molar-refractivity contribution in [2.24, 2.45) is 15.0 Å². The molecule has 0 atom stereocenters. The molecule has 0 aromatic heterocycles. The molecule has 0 N–H and O–H groups in total. The first-order chi connectivity index (χ1) is 13.5. The van der Waals surface area contributed by atoms with Crippen LogP contribution < -0.4 is 0 Å². The maximum atomic E-state index is 13.5. The number of halogens is 6. The molecule has 3 rings (SSSR count). The maximum absolute atomic E-state index is 13.5. The van der Waals surface area contributed by atoms with Gasteiger partial charge in [0.15, 0.2) is 23.3 Å². The molecule has 1 heterocycles. The molecule has 148 valence electrons. The van der Waals surface area contributed by atoms with E-state index in [9.17, 15) is 17.6 Å². The fourth-order valence-electron chi connectivity index (χ4n) is 2.12. The van der Waals surface area contributed by atoms with Crippen LogP contribution in [0.5, 0.6) is 0 Å². The Balaban J connectivity index is 0.000000878. The van der Waals surface area contributed by atoms with Gasteiger partial charge in [-0.1, -0.05) is 18.2 Å².